The molecule has 2 rings (SSSR count). The number of amides is 1. The van der Waals surface area contributed by atoms with E-state index in [0.717, 1.165) is 5.56 Å². The first kappa shape index (κ1) is 13.0. The SMILES string of the molecule is Cc1cccc(C(=O)NCCNc2ncccn2)c1. The summed E-state index contributed by atoms with van der Waals surface area (Å²) in [5, 5.41) is 5.87. The minimum absolute atomic E-state index is 0.0699. The van der Waals surface area contributed by atoms with E-state index in [1.54, 1.807) is 24.5 Å². The Labute approximate surface area is 112 Å². The van der Waals surface area contributed by atoms with Crippen LogP contribution in [0, 0.1) is 6.92 Å². The van der Waals surface area contributed by atoms with Crippen molar-refractivity contribution >= 4 is 11.9 Å². The molecule has 0 radical (unpaired) electrons. The fourth-order valence-electron chi connectivity index (χ4n) is 1.63. The first-order valence-electron chi connectivity index (χ1n) is 6.11. The van der Waals surface area contributed by atoms with Crippen LogP contribution in [0.3, 0.4) is 0 Å². The summed E-state index contributed by atoms with van der Waals surface area (Å²) in [7, 11) is 0. The molecule has 0 atom stereocenters. The number of rotatable bonds is 5. The summed E-state index contributed by atoms with van der Waals surface area (Å²) in [6, 6.07) is 9.26. The lowest BCUT2D eigenvalue weighted by Crippen LogP contribution is -2.29. The monoisotopic (exact) mass is 256 g/mol. The maximum Gasteiger partial charge on any atom is 0.251 e. The van der Waals surface area contributed by atoms with Gasteiger partial charge in [0.2, 0.25) is 5.95 Å². The smallest absolute Gasteiger partial charge is 0.251 e. The molecule has 1 heterocycles. The summed E-state index contributed by atoms with van der Waals surface area (Å²) >= 11 is 0. The molecule has 98 valence electrons. The molecule has 0 saturated carbocycles. The van der Waals surface area contributed by atoms with Crippen LogP contribution in [0.25, 0.3) is 0 Å². The highest BCUT2D eigenvalue weighted by atomic mass is 16.1. The summed E-state index contributed by atoms with van der Waals surface area (Å²) in [6.07, 6.45) is 3.33. The zero-order valence-electron chi connectivity index (χ0n) is 10.8. The van der Waals surface area contributed by atoms with Gasteiger partial charge in [0.1, 0.15) is 0 Å². The van der Waals surface area contributed by atoms with Crippen molar-refractivity contribution in [2.45, 2.75) is 6.92 Å². The number of aryl methyl sites for hydroxylation is 1. The van der Waals surface area contributed by atoms with Crippen molar-refractivity contribution in [1.29, 1.82) is 0 Å². The fourth-order valence-corrected chi connectivity index (χ4v) is 1.63. The van der Waals surface area contributed by atoms with Crippen LogP contribution in [-0.4, -0.2) is 29.0 Å². The highest BCUT2D eigenvalue weighted by molar-refractivity contribution is 5.94. The van der Waals surface area contributed by atoms with Crippen molar-refractivity contribution in [3.63, 3.8) is 0 Å². The molecule has 1 amide bonds. The predicted octanol–water partition coefficient (Wildman–Crippen LogP) is 1.63. The van der Waals surface area contributed by atoms with Gasteiger partial charge in [0.25, 0.3) is 5.91 Å². The Morgan fingerprint density at radius 1 is 1.16 bits per heavy atom. The first-order valence-corrected chi connectivity index (χ1v) is 6.11. The van der Waals surface area contributed by atoms with E-state index in [1.807, 2.05) is 25.1 Å². The van der Waals surface area contributed by atoms with E-state index in [1.165, 1.54) is 0 Å². The van der Waals surface area contributed by atoms with Gasteiger partial charge in [-0.2, -0.15) is 0 Å². The van der Waals surface area contributed by atoms with Gasteiger partial charge in [-0.1, -0.05) is 17.7 Å². The molecular formula is C14H16N4O. The van der Waals surface area contributed by atoms with Crippen LogP contribution in [0.5, 0.6) is 0 Å². The van der Waals surface area contributed by atoms with Gasteiger partial charge in [-0.05, 0) is 25.1 Å². The fraction of sp³-hybridized carbons (Fsp3) is 0.214. The maximum atomic E-state index is 11.8. The third-order valence-corrected chi connectivity index (χ3v) is 2.54. The van der Waals surface area contributed by atoms with Gasteiger partial charge in [-0.3, -0.25) is 4.79 Å². The number of aromatic nitrogens is 2. The molecule has 5 heteroatoms. The molecule has 0 bridgehead atoms. The molecule has 2 N–H and O–H groups in total. The molecule has 19 heavy (non-hydrogen) atoms. The lowest BCUT2D eigenvalue weighted by molar-refractivity contribution is 0.0955. The average Bonchev–Trinajstić information content (AvgIpc) is 2.44. The molecule has 5 nitrogen and oxygen atoms in total. The molecule has 0 aliphatic heterocycles. The second-order valence-corrected chi connectivity index (χ2v) is 4.12. The summed E-state index contributed by atoms with van der Waals surface area (Å²) in [5.74, 6) is 0.492. The van der Waals surface area contributed by atoms with E-state index in [-0.39, 0.29) is 5.91 Å². The van der Waals surface area contributed by atoms with E-state index in [9.17, 15) is 4.79 Å². The molecule has 2 aromatic rings. The third kappa shape index (κ3) is 4.06. The number of hydrogen-bond acceptors (Lipinski definition) is 4. The van der Waals surface area contributed by atoms with Gasteiger partial charge in [-0.25, -0.2) is 9.97 Å². The summed E-state index contributed by atoms with van der Waals surface area (Å²) in [6.45, 7) is 3.07. The number of benzene rings is 1. The zero-order valence-corrected chi connectivity index (χ0v) is 10.8. The molecule has 0 aliphatic rings. The minimum Gasteiger partial charge on any atom is -0.352 e. The van der Waals surface area contributed by atoms with Gasteiger partial charge in [-0.15, -0.1) is 0 Å². The van der Waals surface area contributed by atoms with Crippen LogP contribution < -0.4 is 10.6 Å². The molecule has 0 unspecified atom stereocenters. The quantitative estimate of drug-likeness (QED) is 0.798. The summed E-state index contributed by atoms with van der Waals surface area (Å²) in [4.78, 5) is 19.9. The van der Waals surface area contributed by atoms with Gasteiger partial charge >= 0.3 is 0 Å². The Balaban J connectivity index is 1.75. The van der Waals surface area contributed by atoms with Gasteiger partial charge < -0.3 is 10.6 Å². The Morgan fingerprint density at radius 2 is 1.95 bits per heavy atom. The second-order valence-electron chi connectivity index (χ2n) is 4.12. The summed E-state index contributed by atoms with van der Waals surface area (Å²) < 4.78 is 0. The summed E-state index contributed by atoms with van der Waals surface area (Å²) in [5.41, 5.74) is 1.75. The van der Waals surface area contributed by atoms with Crippen molar-refractivity contribution in [2.75, 3.05) is 18.4 Å². The number of hydrogen-bond donors (Lipinski definition) is 2. The maximum absolute atomic E-state index is 11.8. The highest BCUT2D eigenvalue weighted by Gasteiger charge is 2.04. The van der Waals surface area contributed by atoms with E-state index in [4.69, 9.17) is 0 Å². The molecule has 0 fully saturated rings. The second kappa shape index (κ2) is 6.49. The van der Waals surface area contributed by atoms with Crippen molar-refractivity contribution in [3.05, 3.63) is 53.9 Å². The Kier molecular flexibility index (Phi) is 4.44. The molecule has 1 aromatic carbocycles. The molecule has 0 saturated heterocycles. The number of carbonyl (C=O) groups is 1. The van der Waals surface area contributed by atoms with Crippen molar-refractivity contribution < 1.29 is 4.79 Å². The van der Waals surface area contributed by atoms with E-state index in [0.29, 0.717) is 24.6 Å². The van der Waals surface area contributed by atoms with Crippen molar-refractivity contribution in [3.8, 4) is 0 Å². The Bertz CT molecular complexity index is 542. The average molecular weight is 256 g/mol. The van der Waals surface area contributed by atoms with Crippen LogP contribution in [0.15, 0.2) is 42.7 Å². The molecular weight excluding hydrogens is 240 g/mol. The zero-order chi connectivity index (χ0) is 13.5. The first-order chi connectivity index (χ1) is 9.25. The van der Waals surface area contributed by atoms with Crippen LogP contribution in [0.1, 0.15) is 15.9 Å². The van der Waals surface area contributed by atoms with Crippen molar-refractivity contribution in [2.24, 2.45) is 0 Å². The number of nitrogens with one attached hydrogen (secondary N) is 2. The highest BCUT2D eigenvalue weighted by Crippen LogP contribution is 2.03. The van der Waals surface area contributed by atoms with Crippen LogP contribution >= 0.6 is 0 Å². The van der Waals surface area contributed by atoms with Crippen molar-refractivity contribution in [1.82, 2.24) is 15.3 Å². The topological polar surface area (TPSA) is 66.9 Å². The van der Waals surface area contributed by atoms with E-state index < -0.39 is 0 Å². The largest absolute Gasteiger partial charge is 0.352 e. The molecule has 1 aromatic heterocycles. The van der Waals surface area contributed by atoms with Gasteiger partial charge in [0.05, 0.1) is 0 Å². The Hall–Kier alpha value is -2.43. The minimum atomic E-state index is -0.0699. The van der Waals surface area contributed by atoms with E-state index >= 15 is 0 Å². The number of nitrogens with zero attached hydrogens (tertiary/aromatic N) is 2. The van der Waals surface area contributed by atoms with Crippen LogP contribution in [0.4, 0.5) is 5.95 Å². The molecule has 0 spiro atoms. The Morgan fingerprint density at radius 3 is 2.68 bits per heavy atom. The lowest BCUT2D eigenvalue weighted by atomic mass is 10.1. The standard InChI is InChI=1S/C14H16N4O/c1-11-4-2-5-12(10-11)13(19)15-8-9-18-14-16-6-3-7-17-14/h2-7,10H,8-9H2,1H3,(H,15,19)(H,16,17,18). The van der Waals surface area contributed by atoms with Crippen LogP contribution in [-0.2, 0) is 0 Å². The van der Waals surface area contributed by atoms with E-state index in [2.05, 4.69) is 20.6 Å². The normalized spacial score (nSPS) is 9.95. The lowest BCUT2D eigenvalue weighted by Gasteiger charge is -2.07. The third-order valence-electron chi connectivity index (χ3n) is 2.54. The predicted molar refractivity (Wildman–Crippen MR) is 74.0 cm³/mol. The van der Waals surface area contributed by atoms with Gasteiger partial charge in [0, 0.05) is 31.0 Å². The van der Waals surface area contributed by atoms with Gasteiger partial charge in [0.15, 0.2) is 0 Å². The van der Waals surface area contributed by atoms with Crippen LogP contribution in [0.2, 0.25) is 0 Å². The number of anilines is 1. The molecule has 0 aliphatic carbocycles. The number of carbonyl (C=O) groups excluding carboxylic acids is 1.